The number of carboxylic acids is 2. The van der Waals surface area contributed by atoms with Crippen LogP contribution in [0.5, 0.6) is 0 Å². The zero-order valence-corrected chi connectivity index (χ0v) is 17.9. The second kappa shape index (κ2) is 9.00. The van der Waals surface area contributed by atoms with E-state index in [1.165, 1.54) is 11.8 Å². The number of nitrogens with zero attached hydrogens (tertiary/aromatic N) is 5. The van der Waals surface area contributed by atoms with Crippen molar-refractivity contribution in [3.63, 3.8) is 0 Å². The lowest BCUT2D eigenvalue weighted by Gasteiger charge is -2.49. The number of amides is 2. The Morgan fingerprint density at radius 1 is 1.22 bits per heavy atom. The van der Waals surface area contributed by atoms with Crippen LogP contribution >= 0.6 is 23.5 Å². The molecule has 2 aliphatic heterocycles. The van der Waals surface area contributed by atoms with Gasteiger partial charge < -0.3 is 15.5 Å². The number of β-lactam (4-membered cyclic amide) rings is 1. The summed E-state index contributed by atoms with van der Waals surface area (Å²) in [5.41, 5.74) is 0.580. The molecular weight excluding hydrogens is 460 g/mol. The molecule has 3 N–H and O–H groups in total. The van der Waals surface area contributed by atoms with Crippen LogP contribution in [0.4, 0.5) is 0 Å². The Kier molecular flexibility index (Phi) is 6.14. The number of carboxylic acid groups (broad SMARTS) is 2. The molecule has 14 heteroatoms. The van der Waals surface area contributed by atoms with E-state index in [0.29, 0.717) is 4.91 Å². The van der Waals surface area contributed by atoms with Gasteiger partial charge in [0, 0.05) is 10.7 Å². The molecule has 2 aliphatic rings. The van der Waals surface area contributed by atoms with Gasteiger partial charge in [-0.1, -0.05) is 30.3 Å². The van der Waals surface area contributed by atoms with Crippen LogP contribution in [-0.2, 0) is 32.1 Å². The number of carbonyl (C=O) groups is 4. The normalized spacial score (nSPS) is 19.9. The number of fused-ring (bicyclic) bond motifs is 1. The van der Waals surface area contributed by atoms with E-state index in [2.05, 4.69) is 20.8 Å². The van der Waals surface area contributed by atoms with E-state index in [4.69, 9.17) is 5.11 Å². The fraction of sp³-hybridized carbons (Fsp3) is 0.278. The van der Waals surface area contributed by atoms with Gasteiger partial charge in [0.1, 0.15) is 23.7 Å². The maximum Gasteiger partial charge on any atom is 0.353 e. The Hall–Kier alpha value is -3.39. The Balaban J connectivity index is 1.49. The van der Waals surface area contributed by atoms with Gasteiger partial charge in [0.25, 0.3) is 5.91 Å². The minimum atomic E-state index is -1.31. The Labute approximate surface area is 189 Å². The molecule has 166 valence electrons. The van der Waals surface area contributed by atoms with Gasteiger partial charge in [-0.25, -0.2) is 9.48 Å². The summed E-state index contributed by atoms with van der Waals surface area (Å²) in [5.74, 6) is -3.09. The number of aliphatic carboxylic acids is 2. The second-order valence-electron chi connectivity index (χ2n) is 6.81. The van der Waals surface area contributed by atoms with Crippen LogP contribution < -0.4 is 5.32 Å². The van der Waals surface area contributed by atoms with Gasteiger partial charge in [-0.3, -0.25) is 19.3 Å². The number of hydrogen-bond donors (Lipinski definition) is 3. The molecule has 1 saturated heterocycles. The molecule has 0 spiro atoms. The van der Waals surface area contributed by atoms with Crippen LogP contribution in [0.1, 0.15) is 5.56 Å². The number of tetrazole rings is 1. The smallest absolute Gasteiger partial charge is 0.353 e. The van der Waals surface area contributed by atoms with E-state index >= 15 is 0 Å². The molecule has 2 atom stereocenters. The molecule has 12 nitrogen and oxygen atoms in total. The molecule has 0 bridgehead atoms. The third kappa shape index (κ3) is 4.31. The lowest BCUT2D eigenvalue weighted by atomic mass is 10.0. The molecule has 1 aromatic carbocycles. The molecule has 1 fully saturated rings. The third-order valence-electron chi connectivity index (χ3n) is 4.66. The maximum absolute atomic E-state index is 12.7. The van der Waals surface area contributed by atoms with Crippen molar-refractivity contribution in [1.82, 2.24) is 30.4 Å². The molecule has 2 aromatic rings. The Bertz CT molecular complexity index is 1120. The first-order valence-corrected chi connectivity index (χ1v) is 11.1. The van der Waals surface area contributed by atoms with Gasteiger partial charge in [0.15, 0.2) is 0 Å². The summed E-state index contributed by atoms with van der Waals surface area (Å²) < 4.78 is 1.03. The molecule has 0 aliphatic carbocycles. The van der Waals surface area contributed by atoms with E-state index in [1.54, 1.807) is 12.1 Å². The number of aromatic nitrogens is 4. The van der Waals surface area contributed by atoms with Crippen LogP contribution in [0.15, 0.2) is 46.1 Å². The Morgan fingerprint density at radius 2 is 1.97 bits per heavy atom. The van der Waals surface area contributed by atoms with Crippen LogP contribution in [0.2, 0.25) is 0 Å². The second-order valence-corrected chi connectivity index (χ2v) is 8.98. The van der Waals surface area contributed by atoms with E-state index in [1.807, 2.05) is 18.2 Å². The zero-order chi connectivity index (χ0) is 22.8. The fourth-order valence-corrected chi connectivity index (χ4v) is 5.70. The molecule has 2 amide bonds. The van der Waals surface area contributed by atoms with Crippen molar-refractivity contribution in [1.29, 1.82) is 0 Å². The van der Waals surface area contributed by atoms with Crippen molar-refractivity contribution in [3.05, 3.63) is 46.5 Å². The van der Waals surface area contributed by atoms with Crippen molar-refractivity contribution >= 4 is 47.3 Å². The highest BCUT2D eigenvalue weighted by atomic mass is 32.2. The van der Waals surface area contributed by atoms with Crippen LogP contribution in [0.3, 0.4) is 0 Å². The minimum absolute atomic E-state index is 0.0980. The highest BCUT2D eigenvalue weighted by Gasteiger charge is 2.54. The molecule has 1 aromatic heterocycles. The van der Waals surface area contributed by atoms with Gasteiger partial charge in [0.2, 0.25) is 11.1 Å². The standard InChI is InChI=1S/C18H16N6O6S2/c25-11(6-9-4-2-1-3-5-9)19-13-15(28)24-14(17(29)30)10(8-31-16(13)24)32-18-20-21-22-23(18)7-12(26)27/h1-5,13,16H,6-8H2,(H,19,25)(H,26,27)(H,29,30)/t13-,16+/m1/s1. The van der Waals surface area contributed by atoms with E-state index in [9.17, 15) is 24.3 Å². The van der Waals surface area contributed by atoms with E-state index in [0.717, 1.165) is 26.9 Å². The zero-order valence-electron chi connectivity index (χ0n) is 16.2. The number of thioether (sulfide) groups is 2. The average molecular weight is 476 g/mol. The molecule has 0 radical (unpaired) electrons. The third-order valence-corrected chi connectivity index (χ3v) is 7.18. The molecule has 3 heterocycles. The summed E-state index contributed by atoms with van der Waals surface area (Å²) >= 11 is 2.19. The number of nitrogens with one attached hydrogen (secondary N) is 1. The minimum Gasteiger partial charge on any atom is -0.480 e. The number of benzene rings is 1. The van der Waals surface area contributed by atoms with Crippen LogP contribution in [0, 0.1) is 0 Å². The quantitative estimate of drug-likeness (QED) is 0.431. The summed E-state index contributed by atoms with van der Waals surface area (Å²) in [7, 11) is 0. The summed E-state index contributed by atoms with van der Waals surface area (Å²) in [6.07, 6.45) is 0.108. The van der Waals surface area contributed by atoms with E-state index < -0.39 is 35.8 Å². The first-order valence-electron chi connectivity index (χ1n) is 9.25. The fourth-order valence-electron chi connectivity index (χ4n) is 3.28. The summed E-state index contributed by atoms with van der Waals surface area (Å²) in [6.45, 7) is -0.487. The molecule has 4 rings (SSSR count). The first-order chi connectivity index (χ1) is 15.3. The average Bonchev–Trinajstić information content (AvgIpc) is 3.18. The molecular formula is C18H16N6O6S2. The lowest BCUT2D eigenvalue weighted by Crippen LogP contribution is -2.70. The predicted octanol–water partition coefficient (Wildman–Crippen LogP) is -0.211. The monoisotopic (exact) mass is 476 g/mol. The number of rotatable bonds is 8. The van der Waals surface area contributed by atoms with E-state index in [-0.39, 0.29) is 28.9 Å². The number of carbonyl (C=O) groups excluding carboxylic acids is 2. The van der Waals surface area contributed by atoms with Crippen LogP contribution in [-0.4, -0.2) is 76.2 Å². The van der Waals surface area contributed by atoms with Gasteiger partial charge in [-0.2, -0.15) is 0 Å². The van der Waals surface area contributed by atoms with Gasteiger partial charge >= 0.3 is 11.9 Å². The first kappa shape index (κ1) is 21.8. The van der Waals surface area contributed by atoms with Gasteiger partial charge in [0.05, 0.1) is 6.42 Å². The highest BCUT2D eigenvalue weighted by molar-refractivity contribution is 8.06. The summed E-state index contributed by atoms with van der Waals surface area (Å²) in [4.78, 5) is 49.4. The SMILES string of the molecule is O=C(O)Cn1nnnc1SC1=C(C(=O)O)N2C(=O)[C@@H](NC(=O)Cc3ccccc3)[C@@H]2SC1. The van der Waals surface area contributed by atoms with Gasteiger partial charge in [-0.05, 0) is 27.8 Å². The topological polar surface area (TPSA) is 168 Å². The van der Waals surface area contributed by atoms with Crippen molar-refractivity contribution in [2.45, 2.75) is 29.5 Å². The van der Waals surface area contributed by atoms with Gasteiger partial charge in [-0.15, -0.1) is 16.9 Å². The molecule has 32 heavy (non-hydrogen) atoms. The summed E-state index contributed by atoms with van der Waals surface area (Å²) in [6, 6.07) is 8.24. The maximum atomic E-state index is 12.7. The summed E-state index contributed by atoms with van der Waals surface area (Å²) in [5, 5.41) is 31.7. The molecule has 0 saturated carbocycles. The molecule has 0 unspecified atom stereocenters. The van der Waals surface area contributed by atoms with Crippen molar-refractivity contribution in [2.75, 3.05) is 5.75 Å². The Morgan fingerprint density at radius 3 is 2.66 bits per heavy atom. The van der Waals surface area contributed by atoms with Crippen molar-refractivity contribution in [2.24, 2.45) is 0 Å². The van der Waals surface area contributed by atoms with Crippen LogP contribution in [0.25, 0.3) is 0 Å². The largest absolute Gasteiger partial charge is 0.480 e. The predicted molar refractivity (Wildman–Crippen MR) is 111 cm³/mol. The van der Waals surface area contributed by atoms with Crippen molar-refractivity contribution < 1.29 is 29.4 Å². The highest BCUT2D eigenvalue weighted by Crippen LogP contribution is 2.44. The van der Waals surface area contributed by atoms with Crippen molar-refractivity contribution in [3.8, 4) is 0 Å². The number of hydrogen-bond acceptors (Lipinski definition) is 9. The lowest BCUT2D eigenvalue weighted by molar-refractivity contribution is -0.150.